The van der Waals surface area contributed by atoms with Gasteiger partial charge in [-0.1, -0.05) is 20.3 Å². The molecule has 5 atom stereocenters. The zero-order valence-corrected chi connectivity index (χ0v) is 13.6. The molecule has 0 aromatic rings. The van der Waals surface area contributed by atoms with Crippen molar-refractivity contribution in [3.05, 3.63) is 0 Å². The van der Waals surface area contributed by atoms with E-state index >= 15 is 0 Å². The molecule has 2 aliphatic heterocycles. The molecule has 120 valence electrons. The van der Waals surface area contributed by atoms with E-state index in [1.165, 1.54) is 0 Å². The highest BCUT2D eigenvalue weighted by molar-refractivity contribution is 5.90. The van der Waals surface area contributed by atoms with Crippen LogP contribution in [0.4, 0.5) is 0 Å². The summed E-state index contributed by atoms with van der Waals surface area (Å²) in [6, 6.07) is -0.461. The molecule has 0 aromatic heterocycles. The predicted molar refractivity (Wildman–Crippen MR) is 80.7 cm³/mol. The van der Waals surface area contributed by atoms with E-state index in [-0.39, 0.29) is 36.0 Å². The third-order valence-electron chi connectivity index (χ3n) is 4.81. The van der Waals surface area contributed by atoms with E-state index < -0.39 is 6.04 Å². The molecule has 1 N–H and O–H groups in total. The van der Waals surface area contributed by atoms with Gasteiger partial charge in [0.15, 0.2) is 0 Å². The van der Waals surface area contributed by atoms with Crippen LogP contribution < -0.4 is 5.32 Å². The van der Waals surface area contributed by atoms with Gasteiger partial charge in [-0.05, 0) is 32.6 Å². The van der Waals surface area contributed by atoms with E-state index in [2.05, 4.69) is 12.2 Å². The van der Waals surface area contributed by atoms with Crippen molar-refractivity contribution in [2.75, 3.05) is 6.54 Å². The van der Waals surface area contributed by atoms with Crippen molar-refractivity contribution in [1.29, 1.82) is 0 Å². The molecule has 0 saturated carbocycles. The van der Waals surface area contributed by atoms with Crippen molar-refractivity contribution in [3.8, 4) is 0 Å². The fourth-order valence-electron chi connectivity index (χ4n) is 3.20. The summed E-state index contributed by atoms with van der Waals surface area (Å²) in [4.78, 5) is 26.7. The predicted octanol–water partition coefficient (Wildman–Crippen LogP) is 1.71. The van der Waals surface area contributed by atoms with Crippen LogP contribution in [-0.2, 0) is 14.3 Å². The molecule has 2 aliphatic rings. The average molecular weight is 296 g/mol. The maximum absolute atomic E-state index is 12.8. The number of carbonyl (C=O) groups is 2. The van der Waals surface area contributed by atoms with Gasteiger partial charge in [-0.2, -0.15) is 0 Å². The monoisotopic (exact) mass is 296 g/mol. The summed E-state index contributed by atoms with van der Waals surface area (Å²) in [5.74, 6) is 0.174. The van der Waals surface area contributed by atoms with Crippen molar-refractivity contribution in [3.63, 3.8) is 0 Å². The first kappa shape index (κ1) is 16.3. The number of nitrogens with one attached hydrogen (secondary N) is 1. The standard InChI is InChI=1S/C16H28N2O3/c1-5-10(2)15-16(20)18(11(3)8-14(19)17-15)9-13-7-6-12(4)21-13/h10-13,15H,5-9H2,1-4H3,(H,17,19). The van der Waals surface area contributed by atoms with Crippen molar-refractivity contribution >= 4 is 11.8 Å². The largest absolute Gasteiger partial charge is 0.373 e. The van der Waals surface area contributed by atoms with Crippen LogP contribution in [0.1, 0.15) is 53.4 Å². The van der Waals surface area contributed by atoms with Crippen molar-refractivity contribution in [1.82, 2.24) is 10.2 Å². The first-order valence-electron chi connectivity index (χ1n) is 8.17. The summed E-state index contributed by atoms with van der Waals surface area (Å²) in [6.07, 6.45) is 3.67. The van der Waals surface area contributed by atoms with E-state index in [1.54, 1.807) is 0 Å². The Morgan fingerprint density at radius 1 is 1.33 bits per heavy atom. The van der Waals surface area contributed by atoms with Gasteiger partial charge in [0.1, 0.15) is 6.04 Å². The van der Waals surface area contributed by atoms with Gasteiger partial charge in [-0.15, -0.1) is 0 Å². The molecule has 0 spiro atoms. The molecule has 2 saturated heterocycles. The Morgan fingerprint density at radius 3 is 2.62 bits per heavy atom. The first-order chi connectivity index (χ1) is 9.92. The highest BCUT2D eigenvalue weighted by Crippen LogP contribution is 2.24. The normalized spacial score (nSPS) is 35.5. The number of hydrogen-bond acceptors (Lipinski definition) is 3. The summed E-state index contributed by atoms with van der Waals surface area (Å²) in [7, 11) is 0. The van der Waals surface area contributed by atoms with Crippen LogP contribution in [0.2, 0.25) is 0 Å². The summed E-state index contributed by atoms with van der Waals surface area (Å²) >= 11 is 0. The van der Waals surface area contributed by atoms with Gasteiger partial charge < -0.3 is 15.0 Å². The highest BCUT2D eigenvalue weighted by atomic mass is 16.5. The molecular weight excluding hydrogens is 268 g/mol. The SMILES string of the molecule is CCC(C)C1NC(=O)CC(C)N(CC2CCC(C)O2)C1=O. The van der Waals surface area contributed by atoms with Gasteiger partial charge in [-0.3, -0.25) is 9.59 Å². The van der Waals surface area contributed by atoms with Gasteiger partial charge >= 0.3 is 0 Å². The third-order valence-corrected chi connectivity index (χ3v) is 4.81. The van der Waals surface area contributed by atoms with Gasteiger partial charge in [0, 0.05) is 19.0 Å². The van der Waals surface area contributed by atoms with Crippen LogP contribution >= 0.6 is 0 Å². The fourth-order valence-corrected chi connectivity index (χ4v) is 3.20. The topological polar surface area (TPSA) is 58.6 Å². The van der Waals surface area contributed by atoms with Crippen LogP contribution in [0.25, 0.3) is 0 Å². The fraction of sp³-hybridized carbons (Fsp3) is 0.875. The lowest BCUT2D eigenvalue weighted by molar-refractivity contribution is -0.138. The van der Waals surface area contributed by atoms with Crippen LogP contribution in [0.5, 0.6) is 0 Å². The molecule has 2 heterocycles. The second-order valence-electron chi connectivity index (χ2n) is 6.62. The van der Waals surface area contributed by atoms with E-state index in [0.717, 1.165) is 19.3 Å². The minimum atomic E-state index is -0.397. The summed E-state index contributed by atoms with van der Waals surface area (Å²) in [5.41, 5.74) is 0. The molecule has 0 aromatic carbocycles. The van der Waals surface area contributed by atoms with E-state index in [1.807, 2.05) is 25.7 Å². The lowest BCUT2D eigenvalue weighted by Crippen LogP contribution is -2.51. The smallest absolute Gasteiger partial charge is 0.245 e. The zero-order chi connectivity index (χ0) is 15.6. The minimum absolute atomic E-state index is 0.0237. The molecular formula is C16H28N2O3. The first-order valence-corrected chi connectivity index (χ1v) is 8.17. The van der Waals surface area contributed by atoms with E-state index in [0.29, 0.717) is 13.0 Å². The number of rotatable bonds is 4. The van der Waals surface area contributed by atoms with E-state index in [9.17, 15) is 9.59 Å². The van der Waals surface area contributed by atoms with Crippen molar-refractivity contribution in [2.24, 2.45) is 5.92 Å². The molecule has 0 aliphatic carbocycles. The molecule has 21 heavy (non-hydrogen) atoms. The Morgan fingerprint density at radius 2 is 2.05 bits per heavy atom. The Balaban J connectivity index is 2.12. The highest BCUT2D eigenvalue weighted by Gasteiger charge is 2.38. The van der Waals surface area contributed by atoms with Crippen LogP contribution in [-0.4, -0.2) is 47.6 Å². The maximum Gasteiger partial charge on any atom is 0.245 e. The van der Waals surface area contributed by atoms with Gasteiger partial charge in [-0.25, -0.2) is 0 Å². The maximum atomic E-state index is 12.8. The molecule has 5 unspecified atom stereocenters. The molecule has 2 amide bonds. The number of nitrogens with zero attached hydrogens (tertiary/aromatic N) is 1. The van der Waals surface area contributed by atoms with Crippen LogP contribution in [0, 0.1) is 5.92 Å². The minimum Gasteiger partial charge on any atom is -0.373 e. The Kier molecular flexibility index (Phi) is 5.25. The average Bonchev–Trinajstić information content (AvgIpc) is 2.81. The Bertz CT molecular complexity index is 399. The number of hydrogen-bond donors (Lipinski definition) is 1. The Labute approximate surface area is 127 Å². The zero-order valence-electron chi connectivity index (χ0n) is 13.6. The van der Waals surface area contributed by atoms with Gasteiger partial charge in [0.25, 0.3) is 0 Å². The molecule has 2 fully saturated rings. The van der Waals surface area contributed by atoms with Crippen LogP contribution in [0.15, 0.2) is 0 Å². The van der Waals surface area contributed by atoms with Crippen molar-refractivity contribution in [2.45, 2.75) is 77.7 Å². The second-order valence-corrected chi connectivity index (χ2v) is 6.62. The summed E-state index contributed by atoms with van der Waals surface area (Å²) in [6.45, 7) is 8.69. The number of carbonyl (C=O) groups excluding carboxylic acids is 2. The molecule has 5 heteroatoms. The van der Waals surface area contributed by atoms with Crippen LogP contribution in [0.3, 0.4) is 0 Å². The summed E-state index contributed by atoms with van der Waals surface area (Å²) < 4.78 is 5.85. The molecule has 0 bridgehead atoms. The molecule has 2 rings (SSSR count). The molecule has 5 nitrogen and oxygen atoms in total. The lowest BCUT2D eigenvalue weighted by Gasteiger charge is -2.32. The Hall–Kier alpha value is -1.10. The lowest BCUT2D eigenvalue weighted by atomic mass is 9.98. The second kappa shape index (κ2) is 6.77. The third kappa shape index (κ3) is 3.76. The van der Waals surface area contributed by atoms with Gasteiger partial charge in [0.05, 0.1) is 12.2 Å². The number of amides is 2. The van der Waals surface area contributed by atoms with E-state index in [4.69, 9.17) is 4.74 Å². The van der Waals surface area contributed by atoms with Crippen molar-refractivity contribution < 1.29 is 14.3 Å². The quantitative estimate of drug-likeness (QED) is 0.859. The summed E-state index contributed by atoms with van der Waals surface area (Å²) in [5, 5.41) is 2.90. The molecule has 0 radical (unpaired) electrons. The number of ether oxygens (including phenoxy) is 1. The van der Waals surface area contributed by atoms with Gasteiger partial charge in [0.2, 0.25) is 11.8 Å².